The van der Waals surface area contributed by atoms with Crippen LogP contribution in [-0.2, 0) is 9.84 Å². The van der Waals surface area contributed by atoms with E-state index in [9.17, 15) is 8.42 Å². The number of methoxy groups -OCH3 is 2. The monoisotopic (exact) mass is 301 g/mol. The predicted octanol–water partition coefficient (Wildman–Crippen LogP) is 1.79. The highest BCUT2D eigenvalue weighted by molar-refractivity contribution is 7.90. The van der Waals surface area contributed by atoms with Crippen LogP contribution in [0.2, 0.25) is 0 Å². The Morgan fingerprint density at radius 3 is 2.45 bits per heavy atom. The number of hydrogen-bond acceptors (Lipinski definition) is 5. The highest BCUT2D eigenvalue weighted by Gasteiger charge is 2.20. The molecular weight excluding hydrogens is 278 g/mol. The number of benzene rings is 1. The molecule has 0 aromatic heterocycles. The number of nitrogens with one attached hydrogen (secondary N) is 1. The summed E-state index contributed by atoms with van der Waals surface area (Å²) in [6.45, 7) is 2.78. The molecule has 0 saturated carbocycles. The lowest BCUT2D eigenvalue weighted by Crippen LogP contribution is -2.28. The van der Waals surface area contributed by atoms with Crippen molar-refractivity contribution in [2.24, 2.45) is 0 Å². The molecule has 1 aromatic carbocycles. The van der Waals surface area contributed by atoms with Crippen molar-refractivity contribution in [3.05, 3.63) is 23.8 Å². The van der Waals surface area contributed by atoms with Gasteiger partial charge in [0.05, 0.1) is 20.0 Å². The second-order valence-electron chi connectivity index (χ2n) is 4.71. The molecule has 1 aromatic rings. The Balaban J connectivity index is 3.11. The van der Waals surface area contributed by atoms with Gasteiger partial charge in [-0.05, 0) is 19.0 Å². The Labute approximate surface area is 121 Å². The van der Waals surface area contributed by atoms with Crippen LogP contribution in [-0.4, -0.2) is 41.2 Å². The maximum absolute atomic E-state index is 11.6. The molecule has 1 atom stereocenters. The maximum Gasteiger partial charge on any atom is 0.149 e. The zero-order valence-electron chi connectivity index (χ0n) is 12.5. The molecule has 1 unspecified atom stereocenters. The molecule has 0 radical (unpaired) electrons. The Morgan fingerprint density at radius 1 is 1.25 bits per heavy atom. The minimum Gasteiger partial charge on any atom is -0.497 e. The first kappa shape index (κ1) is 16.8. The molecular formula is C14H23NO4S. The van der Waals surface area contributed by atoms with Crippen LogP contribution in [0.25, 0.3) is 0 Å². The molecule has 0 amide bonds. The summed E-state index contributed by atoms with van der Waals surface area (Å²) in [5.41, 5.74) is 0.826. The van der Waals surface area contributed by atoms with Gasteiger partial charge in [0.15, 0.2) is 0 Å². The van der Waals surface area contributed by atoms with Gasteiger partial charge in [0, 0.05) is 23.9 Å². The predicted molar refractivity (Wildman–Crippen MR) is 80.3 cm³/mol. The molecule has 1 rings (SSSR count). The Kier molecular flexibility index (Phi) is 6.29. The molecule has 1 N–H and O–H groups in total. The van der Waals surface area contributed by atoms with Crippen LogP contribution in [0.15, 0.2) is 18.2 Å². The summed E-state index contributed by atoms with van der Waals surface area (Å²) in [6, 6.07) is 5.13. The van der Waals surface area contributed by atoms with Crippen LogP contribution in [0, 0.1) is 0 Å². The Bertz CT molecular complexity index is 528. The fraction of sp³-hybridized carbons (Fsp3) is 0.571. The molecule has 5 nitrogen and oxygen atoms in total. The molecule has 0 heterocycles. The second kappa shape index (κ2) is 7.50. The van der Waals surface area contributed by atoms with Crippen LogP contribution in [0.5, 0.6) is 11.5 Å². The van der Waals surface area contributed by atoms with E-state index in [1.807, 2.05) is 13.0 Å². The summed E-state index contributed by atoms with van der Waals surface area (Å²) >= 11 is 0. The van der Waals surface area contributed by atoms with Crippen molar-refractivity contribution in [1.29, 1.82) is 0 Å². The van der Waals surface area contributed by atoms with E-state index in [1.165, 1.54) is 6.26 Å². The maximum atomic E-state index is 11.6. The first-order valence-electron chi connectivity index (χ1n) is 6.54. The number of sulfone groups is 1. The van der Waals surface area contributed by atoms with Crippen molar-refractivity contribution in [3.8, 4) is 11.5 Å². The smallest absolute Gasteiger partial charge is 0.149 e. The number of hydrogen-bond donors (Lipinski definition) is 1. The number of ether oxygens (including phenoxy) is 2. The summed E-state index contributed by atoms with van der Waals surface area (Å²) in [4.78, 5) is 0. The van der Waals surface area contributed by atoms with Crippen molar-refractivity contribution < 1.29 is 17.9 Å². The molecule has 114 valence electrons. The molecule has 0 aliphatic heterocycles. The van der Waals surface area contributed by atoms with E-state index in [0.29, 0.717) is 11.5 Å². The van der Waals surface area contributed by atoms with E-state index in [1.54, 1.807) is 26.4 Å². The van der Waals surface area contributed by atoms with Gasteiger partial charge in [-0.2, -0.15) is 0 Å². The normalized spacial score (nSPS) is 13.0. The third kappa shape index (κ3) is 5.02. The lowest BCUT2D eigenvalue weighted by Gasteiger charge is -2.21. The average molecular weight is 301 g/mol. The van der Waals surface area contributed by atoms with Crippen LogP contribution < -0.4 is 14.8 Å². The van der Waals surface area contributed by atoms with Gasteiger partial charge in [0.25, 0.3) is 0 Å². The molecule has 0 bridgehead atoms. The minimum atomic E-state index is -3.09. The van der Waals surface area contributed by atoms with Gasteiger partial charge in [0.2, 0.25) is 0 Å². The summed E-state index contributed by atoms with van der Waals surface area (Å²) in [7, 11) is 0.0543. The van der Waals surface area contributed by atoms with Gasteiger partial charge in [-0.1, -0.05) is 13.0 Å². The topological polar surface area (TPSA) is 64.6 Å². The fourth-order valence-electron chi connectivity index (χ4n) is 1.99. The fourth-order valence-corrected chi connectivity index (χ4v) is 2.89. The molecule has 0 aliphatic carbocycles. The van der Waals surface area contributed by atoms with Crippen molar-refractivity contribution in [2.75, 3.05) is 32.8 Å². The molecule has 0 spiro atoms. The largest absolute Gasteiger partial charge is 0.497 e. The summed E-state index contributed by atoms with van der Waals surface area (Å²) in [5.74, 6) is 1.34. The summed E-state index contributed by atoms with van der Waals surface area (Å²) in [5, 5.41) is 3.25. The van der Waals surface area contributed by atoms with Crippen LogP contribution in [0.3, 0.4) is 0 Å². The van der Waals surface area contributed by atoms with Crippen LogP contribution in [0.4, 0.5) is 0 Å². The summed E-state index contributed by atoms with van der Waals surface area (Å²) < 4.78 is 33.7. The van der Waals surface area contributed by atoms with E-state index in [0.717, 1.165) is 18.5 Å². The Hall–Kier alpha value is -1.27. The Morgan fingerprint density at radius 2 is 1.95 bits per heavy atom. The standard InChI is InChI=1S/C14H23NO4S/c1-5-8-15-13(10-20(4,16)17)12-7-6-11(18-2)9-14(12)19-3/h6-7,9,13,15H,5,8,10H2,1-4H3. The first-order chi connectivity index (χ1) is 9.41. The second-order valence-corrected chi connectivity index (χ2v) is 6.89. The molecule has 0 fully saturated rings. The SMILES string of the molecule is CCCNC(CS(C)(=O)=O)c1ccc(OC)cc1OC. The molecule has 0 saturated heterocycles. The molecule has 6 heteroatoms. The number of rotatable bonds is 8. The van der Waals surface area contributed by atoms with Gasteiger partial charge < -0.3 is 14.8 Å². The molecule has 0 aliphatic rings. The van der Waals surface area contributed by atoms with E-state index in [2.05, 4.69) is 5.32 Å². The van der Waals surface area contributed by atoms with E-state index in [-0.39, 0.29) is 11.8 Å². The van der Waals surface area contributed by atoms with Crippen LogP contribution >= 0.6 is 0 Å². The molecule has 20 heavy (non-hydrogen) atoms. The minimum absolute atomic E-state index is 0.0374. The zero-order valence-corrected chi connectivity index (χ0v) is 13.3. The lowest BCUT2D eigenvalue weighted by atomic mass is 10.1. The lowest BCUT2D eigenvalue weighted by molar-refractivity contribution is 0.386. The highest BCUT2D eigenvalue weighted by Crippen LogP contribution is 2.30. The zero-order chi connectivity index (χ0) is 15.2. The summed E-state index contributed by atoms with van der Waals surface area (Å²) in [6.07, 6.45) is 2.17. The van der Waals surface area contributed by atoms with Gasteiger partial charge in [0.1, 0.15) is 21.3 Å². The van der Waals surface area contributed by atoms with E-state index < -0.39 is 9.84 Å². The third-order valence-electron chi connectivity index (χ3n) is 2.93. The third-order valence-corrected chi connectivity index (χ3v) is 3.87. The first-order valence-corrected chi connectivity index (χ1v) is 8.60. The average Bonchev–Trinajstić information content (AvgIpc) is 2.41. The highest BCUT2D eigenvalue weighted by atomic mass is 32.2. The van der Waals surface area contributed by atoms with Gasteiger partial charge in [-0.3, -0.25) is 0 Å². The quantitative estimate of drug-likeness (QED) is 0.793. The van der Waals surface area contributed by atoms with Gasteiger partial charge in [-0.25, -0.2) is 8.42 Å². The van der Waals surface area contributed by atoms with Crippen molar-refractivity contribution in [2.45, 2.75) is 19.4 Å². The van der Waals surface area contributed by atoms with Gasteiger partial charge in [-0.15, -0.1) is 0 Å². The van der Waals surface area contributed by atoms with Crippen molar-refractivity contribution >= 4 is 9.84 Å². The van der Waals surface area contributed by atoms with E-state index in [4.69, 9.17) is 9.47 Å². The van der Waals surface area contributed by atoms with Crippen molar-refractivity contribution in [1.82, 2.24) is 5.32 Å². The van der Waals surface area contributed by atoms with Gasteiger partial charge >= 0.3 is 0 Å². The van der Waals surface area contributed by atoms with Crippen LogP contribution in [0.1, 0.15) is 24.9 Å². The van der Waals surface area contributed by atoms with E-state index >= 15 is 0 Å². The van der Waals surface area contributed by atoms with Crippen molar-refractivity contribution in [3.63, 3.8) is 0 Å².